The molecule has 0 spiro atoms. The second-order valence-corrected chi connectivity index (χ2v) is 7.66. The van der Waals surface area contributed by atoms with Crippen LogP contribution in [0.2, 0.25) is 0 Å². The summed E-state index contributed by atoms with van der Waals surface area (Å²) in [4.78, 5) is 4.69. The van der Waals surface area contributed by atoms with Crippen LogP contribution in [0.5, 0.6) is 5.75 Å². The Morgan fingerprint density at radius 1 is 1.24 bits per heavy atom. The number of ether oxygens (including phenoxy) is 1. The summed E-state index contributed by atoms with van der Waals surface area (Å²) in [6.45, 7) is 10.3. The van der Waals surface area contributed by atoms with Crippen LogP contribution in [0.25, 0.3) is 0 Å². The molecule has 140 valence electrons. The minimum atomic E-state index is -0.235. The van der Waals surface area contributed by atoms with E-state index in [1.54, 1.807) is 0 Å². The monoisotopic (exact) mass is 347 g/mol. The average molecular weight is 348 g/mol. The van der Waals surface area contributed by atoms with Gasteiger partial charge in [-0.25, -0.2) is 4.99 Å². The third-order valence-corrected chi connectivity index (χ3v) is 4.29. The van der Waals surface area contributed by atoms with E-state index in [0.717, 1.165) is 49.6 Å². The van der Waals surface area contributed by atoms with Crippen LogP contribution in [-0.4, -0.2) is 35.9 Å². The van der Waals surface area contributed by atoms with Crippen LogP contribution >= 0.6 is 0 Å². The second-order valence-electron chi connectivity index (χ2n) is 7.66. The van der Waals surface area contributed by atoms with Gasteiger partial charge in [-0.2, -0.15) is 0 Å². The highest BCUT2D eigenvalue weighted by molar-refractivity contribution is 5.79. The average Bonchev–Trinajstić information content (AvgIpc) is 2.95. The molecule has 0 aromatic heterocycles. The Morgan fingerprint density at radius 2 is 2.00 bits per heavy atom. The molecule has 3 N–H and O–H groups in total. The minimum Gasteiger partial charge on any atom is -0.488 e. The van der Waals surface area contributed by atoms with Crippen LogP contribution in [-0.2, 0) is 6.54 Å². The van der Waals surface area contributed by atoms with Crippen LogP contribution in [0.1, 0.15) is 52.5 Å². The molecule has 2 rings (SSSR count). The van der Waals surface area contributed by atoms with E-state index in [1.807, 2.05) is 39.0 Å². The lowest BCUT2D eigenvalue weighted by Gasteiger charge is -2.23. The predicted octanol–water partition coefficient (Wildman–Crippen LogP) is 3.08. The lowest BCUT2D eigenvalue weighted by molar-refractivity contribution is 0.129. The maximum Gasteiger partial charge on any atom is 0.191 e. The molecule has 5 heteroatoms. The SMILES string of the molecule is CCNC(=NCc1ccccc1OC(C)(C)C)NCC1CCCC1O. The summed E-state index contributed by atoms with van der Waals surface area (Å²) < 4.78 is 6.04. The van der Waals surface area contributed by atoms with Gasteiger partial charge in [-0.05, 0) is 46.6 Å². The van der Waals surface area contributed by atoms with E-state index in [9.17, 15) is 5.11 Å². The van der Waals surface area contributed by atoms with Gasteiger partial charge in [-0.3, -0.25) is 0 Å². The Bertz CT molecular complexity index is 566. The summed E-state index contributed by atoms with van der Waals surface area (Å²) in [7, 11) is 0. The first-order chi connectivity index (χ1) is 11.9. The number of para-hydroxylation sites is 1. The molecule has 0 saturated heterocycles. The minimum absolute atomic E-state index is 0.184. The van der Waals surface area contributed by atoms with Crippen molar-refractivity contribution in [2.75, 3.05) is 13.1 Å². The standard InChI is InChI=1S/C20H33N3O2/c1-5-21-19(22-13-15-10-8-11-17(15)24)23-14-16-9-6-7-12-18(16)25-20(2,3)4/h6-7,9,12,15,17,24H,5,8,10-11,13-14H2,1-4H3,(H2,21,22,23). The molecule has 0 heterocycles. The molecule has 0 aliphatic heterocycles. The largest absolute Gasteiger partial charge is 0.488 e. The number of hydrogen-bond donors (Lipinski definition) is 3. The van der Waals surface area contributed by atoms with E-state index in [-0.39, 0.29) is 11.7 Å². The van der Waals surface area contributed by atoms with Crippen molar-refractivity contribution in [2.45, 2.75) is 65.2 Å². The van der Waals surface area contributed by atoms with Crippen LogP contribution in [0.3, 0.4) is 0 Å². The van der Waals surface area contributed by atoms with E-state index in [2.05, 4.69) is 23.6 Å². The molecule has 2 unspecified atom stereocenters. The van der Waals surface area contributed by atoms with Gasteiger partial charge >= 0.3 is 0 Å². The Hall–Kier alpha value is -1.75. The number of nitrogens with one attached hydrogen (secondary N) is 2. The van der Waals surface area contributed by atoms with Gasteiger partial charge in [0, 0.05) is 24.6 Å². The first-order valence-electron chi connectivity index (χ1n) is 9.36. The van der Waals surface area contributed by atoms with E-state index < -0.39 is 0 Å². The number of hydrogen-bond acceptors (Lipinski definition) is 3. The van der Waals surface area contributed by atoms with Gasteiger partial charge in [-0.1, -0.05) is 24.6 Å². The lowest BCUT2D eigenvalue weighted by Crippen LogP contribution is -2.41. The number of aliphatic imine (C=N–C) groups is 1. The molecule has 1 saturated carbocycles. The third-order valence-electron chi connectivity index (χ3n) is 4.29. The third kappa shape index (κ3) is 6.58. The van der Waals surface area contributed by atoms with E-state index in [1.165, 1.54) is 0 Å². The summed E-state index contributed by atoms with van der Waals surface area (Å²) >= 11 is 0. The maximum atomic E-state index is 9.97. The Morgan fingerprint density at radius 3 is 2.64 bits per heavy atom. The molecule has 1 aromatic rings. The summed E-state index contributed by atoms with van der Waals surface area (Å²) in [6.07, 6.45) is 2.92. The topological polar surface area (TPSA) is 65.9 Å². The first-order valence-corrected chi connectivity index (χ1v) is 9.36. The molecule has 0 amide bonds. The maximum absolute atomic E-state index is 9.97. The van der Waals surface area contributed by atoms with Gasteiger partial charge in [-0.15, -0.1) is 0 Å². The quantitative estimate of drug-likeness (QED) is 0.546. The number of rotatable bonds is 6. The van der Waals surface area contributed by atoms with Gasteiger partial charge in [0.15, 0.2) is 5.96 Å². The normalized spacial score (nSPS) is 21.2. The van der Waals surface area contributed by atoms with Crippen molar-refractivity contribution in [3.63, 3.8) is 0 Å². The number of aliphatic hydroxyl groups is 1. The Balaban J connectivity index is 2.00. The molecule has 25 heavy (non-hydrogen) atoms. The molecule has 1 fully saturated rings. The lowest BCUT2D eigenvalue weighted by atomic mass is 10.1. The molecule has 1 aliphatic carbocycles. The number of guanidine groups is 1. The van der Waals surface area contributed by atoms with E-state index >= 15 is 0 Å². The van der Waals surface area contributed by atoms with Crippen LogP contribution in [0, 0.1) is 5.92 Å². The highest BCUT2D eigenvalue weighted by atomic mass is 16.5. The number of aliphatic hydroxyl groups excluding tert-OH is 1. The predicted molar refractivity (Wildman–Crippen MR) is 103 cm³/mol. The molecule has 0 radical (unpaired) electrons. The summed E-state index contributed by atoms with van der Waals surface area (Å²) in [5.74, 6) is 1.98. The highest BCUT2D eigenvalue weighted by Gasteiger charge is 2.25. The Labute approximate surface area is 151 Å². The van der Waals surface area contributed by atoms with Gasteiger partial charge in [0.2, 0.25) is 0 Å². The molecular weight excluding hydrogens is 314 g/mol. The highest BCUT2D eigenvalue weighted by Crippen LogP contribution is 2.25. The van der Waals surface area contributed by atoms with Crippen molar-refractivity contribution in [1.82, 2.24) is 10.6 Å². The zero-order valence-electron chi connectivity index (χ0n) is 16.0. The zero-order valence-corrected chi connectivity index (χ0v) is 16.0. The first kappa shape index (κ1) is 19.6. The van der Waals surface area contributed by atoms with Crippen molar-refractivity contribution >= 4 is 5.96 Å². The van der Waals surface area contributed by atoms with Crippen molar-refractivity contribution in [2.24, 2.45) is 10.9 Å². The summed E-state index contributed by atoms with van der Waals surface area (Å²) in [6, 6.07) is 8.04. The fourth-order valence-corrected chi connectivity index (χ4v) is 3.05. The van der Waals surface area contributed by atoms with Gasteiger partial charge in [0.1, 0.15) is 11.4 Å². The van der Waals surface area contributed by atoms with Gasteiger partial charge in [0.25, 0.3) is 0 Å². The smallest absolute Gasteiger partial charge is 0.191 e. The number of nitrogens with zero attached hydrogens (tertiary/aromatic N) is 1. The van der Waals surface area contributed by atoms with Crippen molar-refractivity contribution in [1.29, 1.82) is 0 Å². The van der Waals surface area contributed by atoms with Crippen LogP contribution in [0.4, 0.5) is 0 Å². The number of benzene rings is 1. The van der Waals surface area contributed by atoms with Crippen molar-refractivity contribution in [3.05, 3.63) is 29.8 Å². The van der Waals surface area contributed by atoms with Crippen molar-refractivity contribution in [3.8, 4) is 5.75 Å². The molecule has 0 bridgehead atoms. The van der Waals surface area contributed by atoms with Crippen molar-refractivity contribution < 1.29 is 9.84 Å². The zero-order chi connectivity index (χ0) is 18.3. The molecule has 2 atom stereocenters. The van der Waals surface area contributed by atoms with E-state index in [4.69, 9.17) is 9.73 Å². The molecular formula is C20H33N3O2. The van der Waals surface area contributed by atoms with Gasteiger partial charge in [0.05, 0.1) is 12.6 Å². The van der Waals surface area contributed by atoms with E-state index in [0.29, 0.717) is 12.5 Å². The van der Waals surface area contributed by atoms with Crippen LogP contribution < -0.4 is 15.4 Å². The van der Waals surface area contributed by atoms with Gasteiger partial charge < -0.3 is 20.5 Å². The molecule has 1 aliphatic rings. The second kappa shape index (κ2) is 9.09. The fourth-order valence-electron chi connectivity index (χ4n) is 3.05. The fraction of sp³-hybridized carbons (Fsp3) is 0.650. The molecule has 1 aromatic carbocycles. The Kier molecular flexibility index (Phi) is 7.12. The summed E-state index contributed by atoms with van der Waals surface area (Å²) in [5, 5.41) is 16.6. The van der Waals surface area contributed by atoms with Crippen LogP contribution in [0.15, 0.2) is 29.3 Å². The molecule has 5 nitrogen and oxygen atoms in total. The summed E-state index contributed by atoms with van der Waals surface area (Å²) in [5.41, 5.74) is 0.830.